The van der Waals surface area contributed by atoms with Crippen LogP contribution in [0.5, 0.6) is 5.88 Å². The zero-order chi connectivity index (χ0) is 28.3. The van der Waals surface area contributed by atoms with E-state index in [1.165, 1.54) is 0 Å². The van der Waals surface area contributed by atoms with E-state index in [0.29, 0.717) is 12.3 Å². The normalized spacial score (nSPS) is 13.9. The molecule has 4 aromatic carbocycles. The van der Waals surface area contributed by atoms with Crippen LogP contribution in [0.4, 0.5) is 0 Å². The second kappa shape index (κ2) is 13.2. The molecule has 0 radical (unpaired) electrons. The van der Waals surface area contributed by atoms with Gasteiger partial charge in [-0.15, -0.1) is 0 Å². The van der Waals surface area contributed by atoms with Gasteiger partial charge in [0.2, 0.25) is 5.88 Å². The van der Waals surface area contributed by atoms with E-state index < -0.39 is 11.5 Å². The molecule has 0 saturated heterocycles. The van der Waals surface area contributed by atoms with Gasteiger partial charge in [0.1, 0.15) is 5.60 Å². The Morgan fingerprint density at radius 3 is 2.24 bits per heavy atom. The summed E-state index contributed by atoms with van der Waals surface area (Å²) in [5, 5.41) is 16.4. The number of quaternary nitrogens is 1. The SMILES string of the molecule is COc1nc2ccc(Br)cc2cc1C(c1ccccc1)C(O)(CCCC[N+](C)(C)C)c1ccc2ccccc2c1.[I-]. The molecule has 0 spiro atoms. The number of halogens is 2. The molecule has 6 heteroatoms. The van der Waals surface area contributed by atoms with Gasteiger partial charge in [0.05, 0.1) is 40.3 Å². The van der Waals surface area contributed by atoms with E-state index in [1.807, 2.05) is 30.3 Å². The van der Waals surface area contributed by atoms with E-state index in [4.69, 9.17) is 9.72 Å². The molecule has 0 aliphatic carbocycles. The summed E-state index contributed by atoms with van der Waals surface area (Å²) in [6.07, 6.45) is 2.50. The zero-order valence-electron chi connectivity index (χ0n) is 24.1. The number of pyridine rings is 1. The third-order valence-corrected chi connectivity index (χ3v) is 8.26. The summed E-state index contributed by atoms with van der Waals surface area (Å²) in [7, 11) is 8.30. The van der Waals surface area contributed by atoms with Crippen molar-refractivity contribution in [2.24, 2.45) is 0 Å². The van der Waals surface area contributed by atoms with Crippen LogP contribution in [-0.2, 0) is 5.60 Å². The predicted molar refractivity (Wildman–Crippen MR) is 169 cm³/mol. The van der Waals surface area contributed by atoms with E-state index in [1.54, 1.807) is 7.11 Å². The van der Waals surface area contributed by atoms with Gasteiger partial charge < -0.3 is 38.3 Å². The third-order valence-electron chi connectivity index (χ3n) is 7.77. The van der Waals surface area contributed by atoms with E-state index in [9.17, 15) is 5.11 Å². The average Bonchev–Trinajstić information content (AvgIpc) is 2.95. The number of aromatic nitrogens is 1. The van der Waals surface area contributed by atoms with Gasteiger partial charge in [-0.05, 0) is 71.5 Å². The van der Waals surface area contributed by atoms with Gasteiger partial charge in [-0.2, -0.15) is 0 Å². The van der Waals surface area contributed by atoms with Crippen LogP contribution in [0.25, 0.3) is 21.7 Å². The molecule has 0 saturated carbocycles. The number of hydrogen-bond donors (Lipinski definition) is 1. The lowest BCUT2D eigenvalue weighted by Gasteiger charge is -2.38. The minimum atomic E-state index is -1.20. The van der Waals surface area contributed by atoms with Crippen molar-refractivity contribution >= 4 is 37.6 Å². The lowest BCUT2D eigenvalue weighted by molar-refractivity contribution is -0.870. The maximum Gasteiger partial charge on any atom is 0.217 e. The van der Waals surface area contributed by atoms with Crippen LogP contribution in [0.1, 0.15) is 41.9 Å². The molecule has 1 N–H and O–H groups in total. The first kappa shape index (κ1) is 31.4. The minimum absolute atomic E-state index is 0. The molecule has 4 nitrogen and oxygen atoms in total. The van der Waals surface area contributed by atoms with Crippen LogP contribution in [0.2, 0.25) is 0 Å². The highest BCUT2D eigenvalue weighted by molar-refractivity contribution is 9.10. The lowest BCUT2D eigenvalue weighted by atomic mass is 9.71. The smallest absolute Gasteiger partial charge is 0.217 e. The van der Waals surface area contributed by atoms with Gasteiger partial charge in [-0.1, -0.05) is 82.7 Å². The van der Waals surface area contributed by atoms with Crippen LogP contribution in [0.15, 0.2) is 102 Å². The summed E-state index contributed by atoms with van der Waals surface area (Å²) in [5.41, 5.74) is 2.46. The van der Waals surface area contributed by atoms with Crippen molar-refractivity contribution in [1.82, 2.24) is 4.98 Å². The number of aliphatic hydroxyl groups is 1. The molecule has 1 heterocycles. The summed E-state index contributed by atoms with van der Waals surface area (Å²) in [5.74, 6) is 0.138. The van der Waals surface area contributed by atoms with Gasteiger partial charge in [-0.25, -0.2) is 4.98 Å². The first-order valence-corrected chi connectivity index (χ1v) is 14.7. The highest BCUT2D eigenvalue weighted by Crippen LogP contribution is 2.48. The second-order valence-corrected chi connectivity index (χ2v) is 12.6. The molecule has 41 heavy (non-hydrogen) atoms. The second-order valence-electron chi connectivity index (χ2n) is 11.7. The summed E-state index contributed by atoms with van der Waals surface area (Å²) >= 11 is 3.62. The molecular formula is C35H38BrIN2O2. The fourth-order valence-corrected chi connectivity index (χ4v) is 6.15. The van der Waals surface area contributed by atoms with E-state index >= 15 is 0 Å². The Morgan fingerprint density at radius 2 is 1.54 bits per heavy atom. The Labute approximate surface area is 269 Å². The maximum absolute atomic E-state index is 13.1. The minimum Gasteiger partial charge on any atom is -1.00 e. The number of unbranched alkanes of at least 4 members (excludes halogenated alkanes) is 1. The van der Waals surface area contributed by atoms with Crippen LogP contribution in [0, 0.1) is 0 Å². The predicted octanol–water partition coefficient (Wildman–Crippen LogP) is 5.06. The Bertz CT molecular complexity index is 1620. The van der Waals surface area contributed by atoms with Crippen LogP contribution < -0.4 is 28.7 Å². The molecule has 0 aliphatic heterocycles. The molecule has 2 atom stereocenters. The number of fused-ring (bicyclic) bond motifs is 2. The Kier molecular flexibility index (Phi) is 10.1. The quantitative estimate of drug-likeness (QED) is 0.125. The molecule has 0 aliphatic rings. The fraction of sp³-hybridized carbons (Fsp3) is 0.286. The molecule has 5 rings (SSSR count). The van der Waals surface area contributed by atoms with Crippen molar-refractivity contribution in [3.8, 4) is 5.88 Å². The van der Waals surface area contributed by atoms with Gasteiger partial charge in [-0.3, -0.25) is 0 Å². The highest BCUT2D eigenvalue weighted by atomic mass is 127. The first-order valence-electron chi connectivity index (χ1n) is 13.9. The molecule has 214 valence electrons. The van der Waals surface area contributed by atoms with Crippen molar-refractivity contribution in [3.05, 3.63) is 118 Å². The van der Waals surface area contributed by atoms with Gasteiger partial charge in [0.15, 0.2) is 0 Å². The van der Waals surface area contributed by atoms with Gasteiger partial charge in [0.25, 0.3) is 0 Å². The third kappa shape index (κ3) is 7.11. The van der Waals surface area contributed by atoms with Crippen molar-refractivity contribution in [1.29, 1.82) is 0 Å². The Hall–Kier alpha value is -2.52. The Morgan fingerprint density at radius 1 is 0.829 bits per heavy atom. The molecule has 5 aromatic rings. The molecule has 0 bridgehead atoms. The summed E-state index contributed by atoms with van der Waals surface area (Å²) in [4.78, 5) is 4.91. The fourth-order valence-electron chi connectivity index (χ4n) is 5.77. The van der Waals surface area contributed by atoms with E-state index in [0.717, 1.165) is 66.7 Å². The summed E-state index contributed by atoms with van der Waals surface area (Å²) in [6.45, 7) is 1.04. The van der Waals surface area contributed by atoms with Gasteiger partial charge in [0, 0.05) is 21.3 Å². The standard InChI is InChI=1S/C35H38BrN2O2.HI/c1-38(2,3)21-11-10-20-35(39,29-17-16-25-12-8-9-15-27(25)22-29)33(26-13-6-5-7-14-26)31-24-28-23-30(36)18-19-32(28)37-34(31)40-4;/h5-9,12-19,22-24,33,39H,10-11,20-21H2,1-4H3;1H/q+1;/p-1. The summed E-state index contributed by atoms with van der Waals surface area (Å²) in [6, 6.07) is 33.2. The van der Waals surface area contributed by atoms with Crippen molar-refractivity contribution in [2.45, 2.75) is 30.8 Å². The lowest BCUT2D eigenvalue weighted by Crippen LogP contribution is -3.00. The van der Waals surface area contributed by atoms with Crippen molar-refractivity contribution < 1.29 is 38.3 Å². The first-order chi connectivity index (χ1) is 19.2. The number of ether oxygens (including phenoxy) is 1. The van der Waals surface area contributed by atoms with Crippen LogP contribution >= 0.6 is 15.9 Å². The number of rotatable bonds is 10. The number of hydrogen-bond acceptors (Lipinski definition) is 3. The molecule has 0 fully saturated rings. The van der Waals surface area contributed by atoms with Crippen molar-refractivity contribution in [3.63, 3.8) is 0 Å². The number of nitrogens with zero attached hydrogens (tertiary/aromatic N) is 2. The topological polar surface area (TPSA) is 42.4 Å². The van der Waals surface area contributed by atoms with Crippen LogP contribution in [0.3, 0.4) is 0 Å². The monoisotopic (exact) mass is 724 g/mol. The molecule has 2 unspecified atom stereocenters. The molecule has 1 aromatic heterocycles. The van der Waals surface area contributed by atoms with E-state index in [-0.39, 0.29) is 24.0 Å². The van der Waals surface area contributed by atoms with Gasteiger partial charge >= 0.3 is 0 Å². The summed E-state index contributed by atoms with van der Waals surface area (Å²) < 4.78 is 7.80. The highest BCUT2D eigenvalue weighted by Gasteiger charge is 2.42. The van der Waals surface area contributed by atoms with E-state index in [2.05, 4.69) is 104 Å². The zero-order valence-corrected chi connectivity index (χ0v) is 27.9. The van der Waals surface area contributed by atoms with Crippen molar-refractivity contribution in [2.75, 3.05) is 34.8 Å². The maximum atomic E-state index is 13.1. The van der Waals surface area contributed by atoms with Crippen LogP contribution in [-0.4, -0.2) is 49.4 Å². The molecular weight excluding hydrogens is 687 g/mol. The largest absolute Gasteiger partial charge is 1.00 e. The average molecular weight is 726 g/mol. The number of methoxy groups -OCH3 is 1. The Balaban J connectivity index is 0.00000387. The number of benzene rings is 4. The molecule has 0 amide bonds.